The zero-order valence-electron chi connectivity index (χ0n) is 12.7. The summed E-state index contributed by atoms with van der Waals surface area (Å²) in [5.41, 5.74) is 1.94. The van der Waals surface area contributed by atoms with Gasteiger partial charge in [0.05, 0.1) is 35.3 Å². The van der Waals surface area contributed by atoms with Gasteiger partial charge in [-0.3, -0.25) is 4.98 Å². The number of fused-ring (bicyclic) bond motifs is 3. The van der Waals surface area contributed by atoms with Crippen LogP contribution < -0.4 is 0 Å². The Balaban J connectivity index is 1.91. The van der Waals surface area contributed by atoms with Crippen LogP contribution in [0, 0.1) is 0 Å². The molecule has 1 saturated heterocycles. The predicted molar refractivity (Wildman–Crippen MR) is 89.6 cm³/mol. The van der Waals surface area contributed by atoms with E-state index in [-0.39, 0.29) is 0 Å². The number of ether oxygens (including phenoxy) is 1. The van der Waals surface area contributed by atoms with Crippen molar-refractivity contribution in [2.75, 3.05) is 13.2 Å². The van der Waals surface area contributed by atoms with Crippen molar-refractivity contribution >= 4 is 33.5 Å². The molecule has 0 unspecified atom stereocenters. The standard InChI is InChI=1S/C17H18ClN3O2/c18-9-15-20-14-10-19-13-4-2-1-3-12(13)16(14)21(15)11-17(22)5-7-23-8-6-17/h1-4,10,22H,5-9,11H2. The molecule has 3 aromatic rings. The Labute approximate surface area is 138 Å². The van der Waals surface area contributed by atoms with Crippen molar-refractivity contribution in [3.05, 3.63) is 36.3 Å². The number of halogens is 1. The van der Waals surface area contributed by atoms with Gasteiger partial charge in [-0.25, -0.2) is 4.98 Å². The molecular weight excluding hydrogens is 314 g/mol. The highest BCUT2D eigenvalue weighted by atomic mass is 35.5. The Morgan fingerprint density at radius 1 is 1.22 bits per heavy atom. The average molecular weight is 332 g/mol. The molecule has 0 aliphatic carbocycles. The second-order valence-electron chi connectivity index (χ2n) is 6.09. The quantitative estimate of drug-likeness (QED) is 0.750. The predicted octanol–water partition coefficient (Wildman–Crippen LogP) is 2.86. The topological polar surface area (TPSA) is 60.2 Å². The molecular formula is C17H18ClN3O2. The Morgan fingerprint density at radius 2 is 2.00 bits per heavy atom. The second kappa shape index (κ2) is 5.74. The molecule has 0 radical (unpaired) electrons. The molecule has 1 aliphatic heterocycles. The Hall–Kier alpha value is -1.69. The summed E-state index contributed by atoms with van der Waals surface area (Å²) >= 11 is 6.11. The molecule has 23 heavy (non-hydrogen) atoms. The van der Waals surface area contributed by atoms with Crippen molar-refractivity contribution in [3.8, 4) is 0 Å². The summed E-state index contributed by atoms with van der Waals surface area (Å²) in [5, 5.41) is 11.9. The Bertz CT molecular complexity index is 856. The van der Waals surface area contributed by atoms with Crippen molar-refractivity contribution < 1.29 is 9.84 Å². The van der Waals surface area contributed by atoms with Crippen LogP contribution in [0.25, 0.3) is 21.9 Å². The minimum Gasteiger partial charge on any atom is -0.388 e. The minimum absolute atomic E-state index is 0.301. The number of hydrogen-bond donors (Lipinski definition) is 1. The molecule has 1 N–H and O–H groups in total. The molecule has 0 atom stereocenters. The van der Waals surface area contributed by atoms with E-state index >= 15 is 0 Å². The Kier molecular flexibility index (Phi) is 3.71. The van der Waals surface area contributed by atoms with Gasteiger partial charge in [-0.2, -0.15) is 0 Å². The molecule has 120 valence electrons. The zero-order chi connectivity index (χ0) is 15.9. The van der Waals surface area contributed by atoms with Crippen LogP contribution in [0.5, 0.6) is 0 Å². The van der Waals surface area contributed by atoms with Crippen molar-refractivity contribution in [3.63, 3.8) is 0 Å². The largest absolute Gasteiger partial charge is 0.388 e. The van der Waals surface area contributed by atoms with Gasteiger partial charge < -0.3 is 14.4 Å². The maximum atomic E-state index is 10.9. The number of hydrogen-bond acceptors (Lipinski definition) is 4. The normalized spacial score (nSPS) is 17.8. The van der Waals surface area contributed by atoms with E-state index in [4.69, 9.17) is 16.3 Å². The monoisotopic (exact) mass is 331 g/mol. The van der Waals surface area contributed by atoms with Gasteiger partial charge in [0.25, 0.3) is 0 Å². The summed E-state index contributed by atoms with van der Waals surface area (Å²) in [7, 11) is 0. The summed E-state index contributed by atoms with van der Waals surface area (Å²) in [5.74, 6) is 1.06. The molecule has 0 saturated carbocycles. The first-order valence-electron chi connectivity index (χ1n) is 7.79. The van der Waals surface area contributed by atoms with Gasteiger partial charge in [-0.05, 0) is 6.07 Å². The molecule has 6 heteroatoms. The number of aliphatic hydroxyl groups is 1. The maximum Gasteiger partial charge on any atom is 0.125 e. The van der Waals surface area contributed by atoms with Crippen LogP contribution in [0.2, 0.25) is 0 Å². The van der Waals surface area contributed by atoms with Crippen LogP contribution in [-0.2, 0) is 17.2 Å². The summed E-state index contributed by atoms with van der Waals surface area (Å²) in [6.07, 6.45) is 3.02. The summed E-state index contributed by atoms with van der Waals surface area (Å²) < 4.78 is 7.43. The number of aromatic nitrogens is 3. The molecule has 1 aromatic carbocycles. The van der Waals surface area contributed by atoms with E-state index in [1.54, 1.807) is 6.20 Å². The third-order valence-electron chi connectivity index (χ3n) is 4.55. The summed E-state index contributed by atoms with van der Waals surface area (Å²) in [6.45, 7) is 1.65. The van der Waals surface area contributed by atoms with Gasteiger partial charge in [0.1, 0.15) is 11.3 Å². The highest BCUT2D eigenvalue weighted by Gasteiger charge is 2.32. The summed E-state index contributed by atoms with van der Waals surface area (Å²) in [6, 6.07) is 7.98. The van der Waals surface area contributed by atoms with Gasteiger partial charge in [-0.1, -0.05) is 18.2 Å². The van der Waals surface area contributed by atoms with Crippen LogP contribution in [0.1, 0.15) is 18.7 Å². The number of pyridine rings is 1. The maximum absolute atomic E-state index is 10.9. The zero-order valence-corrected chi connectivity index (χ0v) is 13.5. The van der Waals surface area contributed by atoms with Gasteiger partial charge >= 0.3 is 0 Å². The molecule has 0 spiro atoms. The van der Waals surface area contributed by atoms with Crippen molar-refractivity contribution in [1.29, 1.82) is 0 Å². The van der Waals surface area contributed by atoms with Crippen LogP contribution in [0.15, 0.2) is 30.5 Å². The second-order valence-corrected chi connectivity index (χ2v) is 6.36. The van der Waals surface area contributed by atoms with E-state index in [9.17, 15) is 5.11 Å². The Morgan fingerprint density at radius 3 is 2.78 bits per heavy atom. The van der Waals surface area contributed by atoms with Gasteiger partial charge in [-0.15, -0.1) is 11.6 Å². The lowest BCUT2D eigenvalue weighted by Gasteiger charge is -2.33. The number of para-hydroxylation sites is 1. The van der Waals surface area contributed by atoms with Gasteiger partial charge in [0.2, 0.25) is 0 Å². The van der Waals surface area contributed by atoms with Gasteiger partial charge in [0, 0.05) is 31.4 Å². The number of imidazole rings is 1. The van der Waals surface area contributed by atoms with Crippen LogP contribution in [-0.4, -0.2) is 38.5 Å². The molecule has 2 aromatic heterocycles. The molecule has 5 nitrogen and oxygen atoms in total. The van der Waals surface area contributed by atoms with Crippen LogP contribution in [0.4, 0.5) is 0 Å². The highest BCUT2D eigenvalue weighted by Crippen LogP contribution is 2.29. The lowest BCUT2D eigenvalue weighted by molar-refractivity contribution is -0.0725. The SMILES string of the molecule is OC1(Cn2c(CCl)nc3cnc4ccccc4c32)CCOCC1. The first-order chi connectivity index (χ1) is 11.2. The molecule has 0 amide bonds. The smallest absolute Gasteiger partial charge is 0.125 e. The molecule has 4 rings (SSSR count). The first kappa shape index (κ1) is 14.9. The average Bonchev–Trinajstić information content (AvgIpc) is 2.93. The first-order valence-corrected chi connectivity index (χ1v) is 8.33. The molecule has 1 aliphatic rings. The van der Waals surface area contributed by atoms with Gasteiger partial charge in [0.15, 0.2) is 0 Å². The third-order valence-corrected chi connectivity index (χ3v) is 4.79. The lowest BCUT2D eigenvalue weighted by atomic mass is 9.94. The van der Waals surface area contributed by atoms with E-state index in [1.807, 2.05) is 24.3 Å². The van der Waals surface area contributed by atoms with E-state index in [2.05, 4.69) is 14.5 Å². The molecule has 3 heterocycles. The highest BCUT2D eigenvalue weighted by molar-refractivity contribution is 6.17. The van der Waals surface area contributed by atoms with Crippen LogP contribution >= 0.6 is 11.6 Å². The summed E-state index contributed by atoms with van der Waals surface area (Å²) in [4.78, 5) is 9.06. The lowest BCUT2D eigenvalue weighted by Crippen LogP contribution is -2.40. The number of alkyl halides is 1. The van der Waals surface area contributed by atoms with Crippen molar-refractivity contribution in [1.82, 2.24) is 14.5 Å². The fraction of sp³-hybridized carbons (Fsp3) is 0.412. The van der Waals surface area contributed by atoms with E-state index in [0.29, 0.717) is 38.5 Å². The molecule has 1 fully saturated rings. The fourth-order valence-electron chi connectivity index (χ4n) is 3.29. The van der Waals surface area contributed by atoms with E-state index < -0.39 is 5.60 Å². The van der Waals surface area contributed by atoms with Crippen LogP contribution in [0.3, 0.4) is 0 Å². The number of nitrogens with zero attached hydrogens (tertiary/aromatic N) is 3. The molecule has 0 bridgehead atoms. The van der Waals surface area contributed by atoms with E-state index in [1.165, 1.54) is 0 Å². The van der Waals surface area contributed by atoms with Crippen molar-refractivity contribution in [2.24, 2.45) is 0 Å². The number of benzene rings is 1. The van der Waals surface area contributed by atoms with E-state index in [0.717, 1.165) is 27.8 Å². The number of rotatable bonds is 3. The fourth-order valence-corrected chi connectivity index (χ4v) is 3.49. The minimum atomic E-state index is -0.781. The van der Waals surface area contributed by atoms with Crippen molar-refractivity contribution in [2.45, 2.75) is 30.9 Å². The third kappa shape index (κ3) is 2.59.